The summed E-state index contributed by atoms with van der Waals surface area (Å²) in [6.07, 6.45) is 0. The van der Waals surface area contributed by atoms with Gasteiger partial charge in [-0.05, 0) is 32.4 Å². The molecule has 4 nitrogen and oxygen atoms in total. The van der Waals surface area contributed by atoms with Crippen molar-refractivity contribution in [2.24, 2.45) is 0 Å². The Balaban J connectivity index is 2.23. The van der Waals surface area contributed by atoms with Crippen LogP contribution in [0.25, 0.3) is 0 Å². The van der Waals surface area contributed by atoms with Gasteiger partial charge in [-0.2, -0.15) is 0 Å². The number of amides is 1. The molecule has 0 radical (unpaired) electrons. The molecule has 0 bridgehead atoms. The number of Topliss-reactive ketones (excluding diaryl/α,β-unsaturated/α-hetero) is 1. The highest BCUT2D eigenvalue weighted by molar-refractivity contribution is 7.17. The largest absolute Gasteiger partial charge is 0.298 e. The van der Waals surface area contributed by atoms with E-state index in [1.807, 2.05) is 26.0 Å². The molecule has 1 aromatic heterocycles. The summed E-state index contributed by atoms with van der Waals surface area (Å²) in [5.74, 6) is -0.238. The molecule has 0 saturated heterocycles. The average Bonchev–Trinajstić information content (AvgIpc) is 2.70. The Morgan fingerprint density at radius 2 is 1.90 bits per heavy atom. The van der Waals surface area contributed by atoms with Crippen molar-refractivity contribution in [3.05, 3.63) is 45.5 Å². The second kappa shape index (κ2) is 5.54. The highest BCUT2D eigenvalue weighted by Gasteiger charge is 2.15. The summed E-state index contributed by atoms with van der Waals surface area (Å²) in [7, 11) is 0. The molecular weight excluding hydrogens is 272 g/mol. The maximum absolute atomic E-state index is 12.2. The van der Waals surface area contributed by atoms with E-state index in [-0.39, 0.29) is 11.7 Å². The van der Waals surface area contributed by atoms with Gasteiger partial charge in [0.15, 0.2) is 10.9 Å². The lowest BCUT2D eigenvalue weighted by Gasteiger charge is -2.06. The number of hydrogen-bond donors (Lipinski definition) is 1. The summed E-state index contributed by atoms with van der Waals surface area (Å²) < 4.78 is 0. The van der Waals surface area contributed by atoms with E-state index in [1.165, 1.54) is 18.3 Å². The molecule has 2 rings (SSSR count). The lowest BCUT2D eigenvalue weighted by molar-refractivity contribution is 0.101. The number of carbonyl (C=O) groups is 2. The Labute approximate surface area is 121 Å². The summed E-state index contributed by atoms with van der Waals surface area (Å²) >= 11 is 1.21. The minimum absolute atomic E-state index is 0.0352. The standard InChI is InChI=1S/C15H16N2O2S/c1-8-5-6-12(9(2)7-8)14(19)17-15-16-10(3)13(20-15)11(4)18/h5-7H,1-4H3,(H,16,17,19). The predicted octanol–water partition coefficient (Wildman–Crippen LogP) is 3.52. The maximum atomic E-state index is 12.2. The molecule has 0 unspecified atom stereocenters. The topological polar surface area (TPSA) is 59.1 Å². The van der Waals surface area contributed by atoms with Crippen molar-refractivity contribution in [3.8, 4) is 0 Å². The number of carbonyl (C=O) groups excluding carboxylic acids is 2. The molecular formula is C15H16N2O2S. The minimum atomic E-state index is -0.202. The maximum Gasteiger partial charge on any atom is 0.257 e. The van der Waals surface area contributed by atoms with Crippen LogP contribution >= 0.6 is 11.3 Å². The first-order valence-electron chi connectivity index (χ1n) is 6.25. The van der Waals surface area contributed by atoms with Gasteiger partial charge in [0.25, 0.3) is 5.91 Å². The van der Waals surface area contributed by atoms with Crippen molar-refractivity contribution in [3.63, 3.8) is 0 Å². The van der Waals surface area contributed by atoms with Crippen molar-refractivity contribution in [2.45, 2.75) is 27.7 Å². The normalized spacial score (nSPS) is 10.4. The van der Waals surface area contributed by atoms with Gasteiger partial charge in [-0.15, -0.1) is 0 Å². The van der Waals surface area contributed by atoms with E-state index in [1.54, 1.807) is 13.0 Å². The van der Waals surface area contributed by atoms with Crippen LogP contribution < -0.4 is 5.32 Å². The second-order valence-corrected chi connectivity index (χ2v) is 5.76. The minimum Gasteiger partial charge on any atom is -0.298 e. The number of ketones is 1. The number of hydrogen-bond acceptors (Lipinski definition) is 4. The lowest BCUT2D eigenvalue weighted by Crippen LogP contribution is -2.13. The highest BCUT2D eigenvalue weighted by atomic mass is 32.1. The first-order chi connectivity index (χ1) is 9.38. The summed E-state index contributed by atoms with van der Waals surface area (Å²) in [6.45, 7) is 7.14. The third kappa shape index (κ3) is 2.93. The van der Waals surface area contributed by atoms with Crippen molar-refractivity contribution in [2.75, 3.05) is 5.32 Å². The Morgan fingerprint density at radius 3 is 2.45 bits per heavy atom. The SMILES string of the molecule is CC(=O)c1sc(NC(=O)c2ccc(C)cc2C)nc1C. The van der Waals surface area contributed by atoms with Crippen LogP contribution in [0, 0.1) is 20.8 Å². The Kier molecular flexibility index (Phi) is 3.99. The van der Waals surface area contributed by atoms with Crippen LogP contribution in [0.15, 0.2) is 18.2 Å². The number of aromatic nitrogens is 1. The van der Waals surface area contributed by atoms with Crippen LogP contribution in [-0.4, -0.2) is 16.7 Å². The van der Waals surface area contributed by atoms with E-state index >= 15 is 0 Å². The molecule has 0 saturated carbocycles. The summed E-state index contributed by atoms with van der Waals surface area (Å²) in [5, 5.41) is 3.21. The number of rotatable bonds is 3. The van der Waals surface area contributed by atoms with E-state index in [0.717, 1.165) is 11.1 Å². The lowest BCUT2D eigenvalue weighted by atomic mass is 10.1. The fraction of sp³-hybridized carbons (Fsp3) is 0.267. The number of nitrogens with zero attached hydrogens (tertiary/aromatic N) is 1. The summed E-state index contributed by atoms with van der Waals surface area (Å²) in [4.78, 5) is 28.4. The number of benzene rings is 1. The zero-order chi connectivity index (χ0) is 14.9. The van der Waals surface area contributed by atoms with Crippen LogP contribution in [0.1, 0.15) is 43.8 Å². The molecule has 1 aromatic carbocycles. The first kappa shape index (κ1) is 14.4. The Hall–Kier alpha value is -2.01. The second-order valence-electron chi connectivity index (χ2n) is 4.76. The van der Waals surface area contributed by atoms with Gasteiger partial charge >= 0.3 is 0 Å². The van der Waals surface area contributed by atoms with Crippen molar-refractivity contribution in [1.82, 2.24) is 4.98 Å². The van der Waals surface area contributed by atoms with Gasteiger partial charge in [0.2, 0.25) is 0 Å². The Morgan fingerprint density at radius 1 is 1.20 bits per heavy atom. The van der Waals surface area contributed by atoms with Gasteiger partial charge in [-0.25, -0.2) is 4.98 Å². The number of nitrogens with one attached hydrogen (secondary N) is 1. The fourth-order valence-electron chi connectivity index (χ4n) is 2.01. The zero-order valence-corrected chi connectivity index (χ0v) is 12.7. The third-order valence-corrected chi connectivity index (χ3v) is 4.14. The van der Waals surface area contributed by atoms with Gasteiger partial charge < -0.3 is 0 Å². The van der Waals surface area contributed by atoms with Gasteiger partial charge in [0, 0.05) is 12.5 Å². The molecule has 0 atom stereocenters. The molecule has 20 heavy (non-hydrogen) atoms. The van der Waals surface area contributed by atoms with Gasteiger partial charge in [-0.1, -0.05) is 29.0 Å². The zero-order valence-electron chi connectivity index (χ0n) is 11.9. The van der Waals surface area contributed by atoms with Crippen LogP contribution in [0.4, 0.5) is 5.13 Å². The molecule has 1 heterocycles. The van der Waals surface area contributed by atoms with Crippen LogP contribution in [0.2, 0.25) is 0 Å². The van der Waals surface area contributed by atoms with Crippen molar-refractivity contribution >= 4 is 28.2 Å². The van der Waals surface area contributed by atoms with E-state index in [2.05, 4.69) is 10.3 Å². The molecule has 0 fully saturated rings. The molecule has 2 aromatic rings. The average molecular weight is 288 g/mol. The van der Waals surface area contributed by atoms with Gasteiger partial charge in [0.1, 0.15) is 0 Å². The number of aryl methyl sites for hydroxylation is 3. The highest BCUT2D eigenvalue weighted by Crippen LogP contribution is 2.23. The molecule has 0 aliphatic carbocycles. The summed E-state index contributed by atoms with van der Waals surface area (Å²) in [5.41, 5.74) is 3.30. The van der Waals surface area contributed by atoms with E-state index in [4.69, 9.17) is 0 Å². The fourth-order valence-corrected chi connectivity index (χ4v) is 2.87. The van der Waals surface area contributed by atoms with E-state index < -0.39 is 0 Å². The Bertz CT molecular complexity index is 689. The number of anilines is 1. The molecule has 1 N–H and O–H groups in total. The number of thiazole rings is 1. The smallest absolute Gasteiger partial charge is 0.257 e. The molecule has 0 aliphatic heterocycles. The van der Waals surface area contributed by atoms with E-state index in [9.17, 15) is 9.59 Å². The monoisotopic (exact) mass is 288 g/mol. The van der Waals surface area contributed by atoms with E-state index in [0.29, 0.717) is 21.3 Å². The van der Waals surface area contributed by atoms with Crippen molar-refractivity contribution in [1.29, 1.82) is 0 Å². The van der Waals surface area contributed by atoms with Gasteiger partial charge in [0.05, 0.1) is 10.6 Å². The predicted molar refractivity (Wildman–Crippen MR) is 80.7 cm³/mol. The van der Waals surface area contributed by atoms with Gasteiger partial charge in [-0.3, -0.25) is 14.9 Å². The molecule has 1 amide bonds. The summed E-state index contributed by atoms with van der Waals surface area (Å²) in [6, 6.07) is 5.66. The van der Waals surface area contributed by atoms with Crippen LogP contribution in [0.5, 0.6) is 0 Å². The van der Waals surface area contributed by atoms with Crippen LogP contribution in [-0.2, 0) is 0 Å². The van der Waals surface area contributed by atoms with Crippen LogP contribution in [0.3, 0.4) is 0 Å². The molecule has 0 aliphatic rings. The third-order valence-electron chi connectivity index (χ3n) is 2.96. The quantitative estimate of drug-likeness (QED) is 0.879. The molecule has 0 spiro atoms. The molecule has 104 valence electrons. The molecule has 5 heteroatoms. The first-order valence-corrected chi connectivity index (χ1v) is 7.07. The van der Waals surface area contributed by atoms with Crippen molar-refractivity contribution < 1.29 is 9.59 Å².